The number of hydrogen-bond donors (Lipinski definition) is 1. The fourth-order valence-electron chi connectivity index (χ4n) is 2.46. The third-order valence-corrected chi connectivity index (χ3v) is 4.45. The Morgan fingerprint density at radius 3 is 2.61 bits per heavy atom. The molecule has 0 saturated carbocycles. The molecule has 2 aromatic rings. The molecule has 0 aliphatic rings. The van der Waals surface area contributed by atoms with Crippen LogP contribution < -0.4 is 10.1 Å². The van der Waals surface area contributed by atoms with Gasteiger partial charge in [0.25, 0.3) is 0 Å². The van der Waals surface area contributed by atoms with Crippen molar-refractivity contribution in [3.05, 3.63) is 58.7 Å². The van der Waals surface area contributed by atoms with E-state index in [4.69, 9.17) is 17.0 Å². The average Bonchev–Trinajstić information content (AvgIpc) is 2.52. The number of thiocarbonyl (C=S) groups is 1. The van der Waals surface area contributed by atoms with Crippen molar-refractivity contribution in [2.24, 2.45) is 0 Å². The molecule has 0 aromatic heterocycles. The number of anilines is 1. The summed E-state index contributed by atoms with van der Waals surface area (Å²) in [5.74, 6) is 0.886. The highest BCUT2D eigenvalue weighted by atomic mass is 32.1. The Hall–Kier alpha value is -2.07. The van der Waals surface area contributed by atoms with Gasteiger partial charge < -0.3 is 15.0 Å². The summed E-state index contributed by atoms with van der Waals surface area (Å²) < 4.78 is 5.44. The van der Waals surface area contributed by atoms with Crippen molar-refractivity contribution in [1.82, 2.24) is 4.90 Å². The number of aryl methyl sites for hydroxylation is 2. The topological polar surface area (TPSA) is 24.5 Å². The molecular weight excluding hydrogens is 304 g/mol. The van der Waals surface area contributed by atoms with Crippen molar-refractivity contribution in [2.75, 3.05) is 19.5 Å². The number of ether oxygens (including phenoxy) is 1. The third kappa shape index (κ3) is 4.23. The summed E-state index contributed by atoms with van der Waals surface area (Å²) in [5.41, 5.74) is 5.86. The number of nitrogens with zero attached hydrogens (tertiary/aromatic N) is 1. The van der Waals surface area contributed by atoms with Crippen LogP contribution in [0.5, 0.6) is 5.75 Å². The highest BCUT2D eigenvalue weighted by Gasteiger charge is 2.11. The fourth-order valence-corrected chi connectivity index (χ4v) is 2.63. The van der Waals surface area contributed by atoms with E-state index in [9.17, 15) is 0 Å². The predicted molar refractivity (Wildman–Crippen MR) is 101 cm³/mol. The summed E-state index contributed by atoms with van der Waals surface area (Å²) >= 11 is 5.55. The maximum absolute atomic E-state index is 5.55. The molecule has 4 heteroatoms. The van der Waals surface area contributed by atoms with Gasteiger partial charge in [-0.25, -0.2) is 0 Å². The molecule has 23 heavy (non-hydrogen) atoms. The SMILES string of the molecule is COc1ccc(C)cc1CN(C)C(=S)Nc1cccc(C)c1C. The smallest absolute Gasteiger partial charge is 0.173 e. The van der Waals surface area contributed by atoms with Crippen LogP contribution in [0.25, 0.3) is 0 Å². The van der Waals surface area contributed by atoms with Crippen LogP contribution in [-0.2, 0) is 6.54 Å². The van der Waals surface area contributed by atoms with Crippen LogP contribution in [-0.4, -0.2) is 24.2 Å². The minimum Gasteiger partial charge on any atom is -0.496 e. The Kier molecular flexibility index (Phi) is 5.61. The molecule has 1 N–H and O–H groups in total. The Balaban J connectivity index is 2.11. The Morgan fingerprint density at radius 2 is 1.91 bits per heavy atom. The van der Waals surface area contributed by atoms with E-state index < -0.39 is 0 Å². The lowest BCUT2D eigenvalue weighted by molar-refractivity contribution is 0.399. The monoisotopic (exact) mass is 328 g/mol. The number of methoxy groups -OCH3 is 1. The number of rotatable bonds is 4. The van der Waals surface area contributed by atoms with E-state index >= 15 is 0 Å². The zero-order valence-electron chi connectivity index (χ0n) is 14.4. The van der Waals surface area contributed by atoms with Crippen molar-refractivity contribution < 1.29 is 4.74 Å². The standard InChI is InChI=1S/C19H24N2OS/c1-13-9-10-18(22-5)16(11-13)12-21(4)19(23)20-17-8-6-7-14(2)15(17)3/h6-11H,12H2,1-5H3,(H,20,23). The largest absolute Gasteiger partial charge is 0.496 e. The average molecular weight is 328 g/mol. The van der Waals surface area contributed by atoms with Crippen molar-refractivity contribution in [2.45, 2.75) is 27.3 Å². The van der Waals surface area contributed by atoms with Crippen molar-refractivity contribution >= 4 is 23.0 Å². The number of benzene rings is 2. The van der Waals surface area contributed by atoms with Crippen LogP contribution in [0.4, 0.5) is 5.69 Å². The lowest BCUT2D eigenvalue weighted by Crippen LogP contribution is -2.31. The summed E-state index contributed by atoms with van der Waals surface area (Å²) in [6.45, 7) is 6.98. The quantitative estimate of drug-likeness (QED) is 0.838. The predicted octanol–water partition coefficient (Wildman–Crippen LogP) is 4.45. The van der Waals surface area contributed by atoms with E-state index in [1.807, 2.05) is 24.1 Å². The van der Waals surface area contributed by atoms with E-state index in [-0.39, 0.29) is 0 Å². The van der Waals surface area contributed by atoms with Crippen LogP contribution in [0, 0.1) is 20.8 Å². The Labute approximate surface area is 144 Å². The Morgan fingerprint density at radius 1 is 1.17 bits per heavy atom. The first-order valence-corrected chi connectivity index (χ1v) is 8.05. The number of hydrogen-bond acceptors (Lipinski definition) is 2. The maximum atomic E-state index is 5.55. The van der Waals surface area contributed by atoms with Gasteiger partial charge in [-0.05, 0) is 56.2 Å². The highest BCUT2D eigenvalue weighted by molar-refractivity contribution is 7.80. The molecule has 2 aromatic carbocycles. The van der Waals surface area contributed by atoms with E-state index in [2.05, 4.69) is 50.4 Å². The second-order valence-corrected chi connectivity index (χ2v) is 6.24. The van der Waals surface area contributed by atoms with E-state index in [1.165, 1.54) is 16.7 Å². The van der Waals surface area contributed by atoms with Gasteiger partial charge in [-0.2, -0.15) is 0 Å². The number of nitrogens with one attached hydrogen (secondary N) is 1. The summed E-state index contributed by atoms with van der Waals surface area (Å²) in [4.78, 5) is 2.02. The molecule has 0 atom stereocenters. The fraction of sp³-hybridized carbons (Fsp3) is 0.316. The summed E-state index contributed by atoms with van der Waals surface area (Å²) in [5, 5.41) is 4.04. The normalized spacial score (nSPS) is 10.3. The molecule has 3 nitrogen and oxygen atoms in total. The van der Waals surface area contributed by atoms with Gasteiger partial charge in [0, 0.05) is 24.8 Å². The molecule has 0 spiro atoms. The molecule has 0 unspecified atom stereocenters. The van der Waals surface area contributed by atoms with Gasteiger partial charge in [-0.1, -0.05) is 29.8 Å². The molecule has 0 heterocycles. The molecule has 0 aliphatic heterocycles. The summed E-state index contributed by atoms with van der Waals surface area (Å²) in [7, 11) is 3.68. The Bertz CT molecular complexity index is 713. The van der Waals surface area contributed by atoms with Gasteiger partial charge >= 0.3 is 0 Å². The molecule has 0 radical (unpaired) electrons. The lowest BCUT2D eigenvalue weighted by Gasteiger charge is -2.23. The first kappa shape index (κ1) is 17.3. The van der Waals surface area contributed by atoms with Crippen molar-refractivity contribution in [3.8, 4) is 5.75 Å². The molecule has 122 valence electrons. The van der Waals surface area contributed by atoms with Crippen LogP contribution in [0.15, 0.2) is 36.4 Å². The minimum atomic E-state index is 0.696. The van der Waals surface area contributed by atoms with Crippen LogP contribution in [0.1, 0.15) is 22.3 Å². The van der Waals surface area contributed by atoms with E-state index in [1.54, 1.807) is 7.11 Å². The second-order valence-electron chi connectivity index (χ2n) is 5.85. The molecular formula is C19H24N2OS. The van der Waals surface area contributed by atoms with E-state index in [0.29, 0.717) is 11.7 Å². The van der Waals surface area contributed by atoms with Gasteiger partial charge in [0.05, 0.1) is 7.11 Å². The van der Waals surface area contributed by atoms with Crippen LogP contribution >= 0.6 is 12.2 Å². The van der Waals surface area contributed by atoms with E-state index in [0.717, 1.165) is 17.0 Å². The van der Waals surface area contributed by atoms with Crippen molar-refractivity contribution in [3.63, 3.8) is 0 Å². The van der Waals surface area contributed by atoms with Gasteiger partial charge in [0.15, 0.2) is 5.11 Å². The first-order chi connectivity index (χ1) is 10.9. The van der Waals surface area contributed by atoms with Gasteiger partial charge in [0.1, 0.15) is 5.75 Å². The van der Waals surface area contributed by atoms with Gasteiger partial charge in [-0.3, -0.25) is 0 Å². The lowest BCUT2D eigenvalue weighted by atomic mass is 10.1. The molecule has 0 fully saturated rings. The third-order valence-electron chi connectivity index (χ3n) is 4.04. The highest BCUT2D eigenvalue weighted by Crippen LogP contribution is 2.22. The molecule has 0 bridgehead atoms. The minimum absolute atomic E-state index is 0.696. The zero-order chi connectivity index (χ0) is 17.0. The maximum Gasteiger partial charge on any atom is 0.173 e. The summed E-state index contributed by atoms with van der Waals surface area (Å²) in [6.07, 6.45) is 0. The molecule has 0 amide bonds. The first-order valence-electron chi connectivity index (χ1n) is 7.64. The molecule has 0 aliphatic carbocycles. The van der Waals surface area contributed by atoms with Crippen molar-refractivity contribution in [1.29, 1.82) is 0 Å². The summed E-state index contributed by atoms with van der Waals surface area (Å²) in [6, 6.07) is 12.4. The molecule has 2 rings (SSSR count). The van der Waals surface area contributed by atoms with Gasteiger partial charge in [0.2, 0.25) is 0 Å². The van der Waals surface area contributed by atoms with Gasteiger partial charge in [-0.15, -0.1) is 0 Å². The van der Waals surface area contributed by atoms with Crippen LogP contribution in [0.3, 0.4) is 0 Å². The van der Waals surface area contributed by atoms with Crippen LogP contribution in [0.2, 0.25) is 0 Å². The second kappa shape index (κ2) is 7.47. The molecule has 0 saturated heterocycles. The zero-order valence-corrected chi connectivity index (χ0v) is 15.3.